The number of rotatable bonds is 70. The van der Waals surface area contributed by atoms with Gasteiger partial charge in [0, 0.05) is 19.3 Å². The van der Waals surface area contributed by atoms with Crippen LogP contribution in [0.4, 0.5) is 0 Å². The van der Waals surface area contributed by atoms with E-state index in [1.807, 2.05) is 0 Å². The van der Waals surface area contributed by atoms with Crippen molar-refractivity contribution < 1.29 is 28.6 Å². The summed E-state index contributed by atoms with van der Waals surface area (Å²) in [6.07, 6.45) is 90.4. The number of esters is 3. The molecule has 0 radical (unpaired) electrons. The molecule has 0 aliphatic heterocycles. The number of unbranched alkanes of at least 4 members (excludes halogenated alkanes) is 53. The summed E-state index contributed by atoms with van der Waals surface area (Å²) in [6.45, 7) is 6.70. The van der Waals surface area contributed by atoms with Crippen LogP contribution in [0.1, 0.15) is 419 Å². The minimum atomic E-state index is -0.777. The van der Waals surface area contributed by atoms with Gasteiger partial charge in [-0.05, 0) is 77.0 Å². The lowest BCUT2D eigenvalue weighted by atomic mass is 10.0. The third-order valence-electron chi connectivity index (χ3n) is 17.1. The highest BCUT2D eigenvalue weighted by Gasteiger charge is 2.20. The number of allylic oxidation sites excluding steroid dienone is 6. The molecule has 0 aromatic heterocycles. The largest absolute Gasteiger partial charge is 0.462 e. The lowest BCUT2D eigenvalue weighted by Crippen LogP contribution is -2.30. The minimum Gasteiger partial charge on any atom is -0.462 e. The fourth-order valence-corrected chi connectivity index (χ4v) is 11.5. The van der Waals surface area contributed by atoms with Gasteiger partial charge in [0.15, 0.2) is 6.10 Å². The van der Waals surface area contributed by atoms with Crippen molar-refractivity contribution in [1.29, 1.82) is 0 Å². The van der Waals surface area contributed by atoms with Gasteiger partial charge in [-0.15, -0.1) is 0 Å². The van der Waals surface area contributed by atoms with E-state index in [0.29, 0.717) is 19.3 Å². The summed E-state index contributed by atoms with van der Waals surface area (Å²) >= 11 is 0. The Morgan fingerprint density at radius 1 is 0.241 bits per heavy atom. The van der Waals surface area contributed by atoms with Crippen LogP contribution in [-0.2, 0) is 28.6 Å². The van der Waals surface area contributed by atoms with Crippen molar-refractivity contribution in [3.05, 3.63) is 36.5 Å². The van der Waals surface area contributed by atoms with E-state index in [2.05, 4.69) is 57.2 Å². The Morgan fingerprint density at radius 3 is 0.687 bits per heavy atom. The molecule has 6 nitrogen and oxygen atoms in total. The zero-order valence-electron chi connectivity index (χ0n) is 56.2. The van der Waals surface area contributed by atoms with Crippen molar-refractivity contribution in [2.75, 3.05) is 13.2 Å². The van der Waals surface area contributed by atoms with E-state index in [4.69, 9.17) is 14.2 Å². The van der Waals surface area contributed by atoms with Crippen LogP contribution in [0.3, 0.4) is 0 Å². The fourth-order valence-electron chi connectivity index (χ4n) is 11.5. The molecular formula is C77H144O6. The van der Waals surface area contributed by atoms with Crippen LogP contribution in [0.5, 0.6) is 0 Å². The monoisotopic (exact) mass is 1170 g/mol. The van der Waals surface area contributed by atoms with Gasteiger partial charge in [0.1, 0.15) is 13.2 Å². The van der Waals surface area contributed by atoms with E-state index in [1.54, 1.807) is 0 Å². The molecule has 0 aliphatic carbocycles. The van der Waals surface area contributed by atoms with Gasteiger partial charge in [0.25, 0.3) is 0 Å². The lowest BCUT2D eigenvalue weighted by molar-refractivity contribution is -0.167. The molecule has 0 aliphatic rings. The smallest absolute Gasteiger partial charge is 0.306 e. The molecule has 0 saturated carbocycles. The molecule has 6 heteroatoms. The molecule has 0 spiro atoms. The van der Waals surface area contributed by atoms with E-state index >= 15 is 0 Å². The van der Waals surface area contributed by atoms with Crippen molar-refractivity contribution in [2.45, 2.75) is 425 Å². The molecule has 0 aromatic carbocycles. The van der Waals surface area contributed by atoms with Crippen molar-refractivity contribution in [3.8, 4) is 0 Å². The Labute approximate surface area is 518 Å². The summed E-state index contributed by atoms with van der Waals surface area (Å²) in [6, 6.07) is 0. The maximum atomic E-state index is 13.0. The van der Waals surface area contributed by atoms with Gasteiger partial charge >= 0.3 is 17.9 Å². The van der Waals surface area contributed by atoms with E-state index in [-0.39, 0.29) is 31.1 Å². The van der Waals surface area contributed by atoms with Crippen molar-refractivity contribution in [1.82, 2.24) is 0 Å². The molecule has 488 valence electrons. The van der Waals surface area contributed by atoms with Crippen LogP contribution in [0.25, 0.3) is 0 Å². The van der Waals surface area contributed by atoms with Crippen LogP contribution >= 0.6 is 0 Å². The summed E-state index contributed by atoms with van der Waals surface area (Å²) in [5, 5.41) is 0. The van der Waals surface area contributed by atoms with Crippen molar-refractivity contribution in [3.63, 3.8) is 0 Å². The van der Waals surface area contributed by atoms with Crippen LogP contribution in [0.2, 0.25) is 0 Å². The summed E-state index contributed by atoms with van der Waals surface area (Å²) < 4.78 is 17.0. The normalized spacial score (nSPS) is 12.2. The molecule has 0 heterocycles. The first-order valence-electron chi connectivity index (χ1n) is 37.5. The number of hydrogen-bond donors (Lipinski definition) is 0. The Kier molecular flexibility index (Phi) is 70.0. The molecule has 0 fully saturated rings. The first-order valence-corrected chi connectivity index (χ1v) is 37.5. The Hall–Kier alpha value is -2.37. The zero-order valence-corrected chi connectivity index (χ0v) is 56.2. The summed E-state index contributed by atoms with van der Waals surface area (Å²) in [4.78, 5) is 38.5. The summed E-state index contributed by atoms with van der Waals surface area (Å²) in [5.74, 6) is -0.853. The van der Waals surface area contributed by atoms with Gasteiger partial charge in [-0.1, -0.05) is 359 Å². The molecule has 1 atom stereocenters. The van der Waals surface area contributed by atoms with Crippen molar-refractivity contribution >= 4 is 17.9 Å². The molecule has 83 heavy (non-hydrogen) atoms. The summed E-state index contributed by atoms with van der Waals surface area (Å²) in [7, 11) is 0. The Bertz CT molecular complexity index is 1380. The predicted octanol–water partition coefficient (Wildman–Crippen LogP) is 25.9. The fraction of sp³-hybridized carbons (Fsp3) is 0.883. The van der Waals surface area contributed by atoms with Crippen molar-refractivity contribution in [2.24, 2.45) is 0 Å². The van der Waals surface area contributed by atoms with Gasteiger partial charge in [-0.3, -0.25) is 14.4 Å². The molecule has 0 N–H and O–H groups in total. The third-order valence-corrected chi connectivity index (χ3v) is 17.1. The van der Waals surface area contributed by atoms with E-state index in [0.717, 1.165) is 77.0 Å². The molecule has 0 saturated heterocycles. The molecular weight excluding hydrogens is 1020 g/mol. The average Bonchev–Trinajstić information content (AvgIpc) is 3.50. The second-order valence-electron chi connectivity index (χ2n) is 25.6. The molecule has 0 rings (SSSR count). The van der Waals surface area contributed by atoms with E-state index < -0.39 is 6.10 Å². The van der Waals surface area contributed by atoms with Gasteiger partial charge in [0.2, 0.25) is 0 Å². The van der Waals surface area contributed by atoms with E-state index in [9.17, 15) is 14.4 Å². The first-order chi connectivity index (χ1) is 41.0. The highest BCUT2D eigenvalue weighted by atomic mass is 16.6. The lowest BCUT2D eigenvalue weighted by Gasteiger charge is -2.18. The SMILES string of the molecule is CCCCCC/C=C\C/C=C\CCCCCCCC(=O)OCC(COC(=O)CCCCCCCCCCCCCCC/C=C\CCCCCCCCCC)OC(=O)CCCCCCCCCCCCCCCCCCCCCCCCCC. The second kappa shape index (κ2) is 72.1. The second-order valence-corrected chi connectivity index (χ2v) is 25.6. The quantitative estimate of drug-likeness (QED) is 0.0261. The highest BCUT2D eigenvalue weighted by Crippen LogP contribution is 2.19. The Morgan fingerprint density at radius 2 is 0.434 bits per heavy atom. The highest BCUT2D eigenvalue weighted by molar-refractivity contribution is 5.71. The predicted molar refractivity (Wildman–Crippen MR) is 362 cm³/mol. The molecule has 0 bridgehead atoms. The Balaban J connectivity index is 4.27. The van der Waals surface area contributed by atoms with Crippen LogP contribution in [-0.4, -0.2) is 37.2 Å². The maximum Gasteiger partial charge on any atom is 0.306 e. The van der Waals surface area contributed by atoms with Crippen LogP contribution in [0, 0.1) is 0 Å². The standard InChI is InChI=1S/C77H144O6/c1-4-7-10-13-16-19-22-25-28-31-33-35-37-39-41-42-44-46-49-52-55-58-61-64-67-70-76(79)82-73-74(72-81-75(78)69-66-63-60-57-54-51-48-30-27-24-21-18-15-12-9-6-3)83-77(80)71-68-65-62-59-56-53-50-47-45-43-40-38-36-34-32-29-26-23-20-17-14-11-8-5-2/h21,24,30-31,33,48,74H,4-20,22-23,25-29,32,34-47,49-73H2,1-3H3/b24-21-,33-31-,48-30-. The zero-order chi connectivity index (χ0) is 59.9. The number of ether oxygens (including phenoxy) is 3. The molecule has 0 amide bonds. The maximum absolute atomic E-state index is 13.0. The molecule has 0 aromatic rings. The number of hydrogen-bond acceptors (Lipinski definition) is 6. The van der Waals surface area contributed by atoms with Gasteiger partial charge in [-0.2, -0.15) is 0 Å². The number of carbonyl (C=O) groups is 3. The number of carbonyl (C=O) groups excluding carboxylic acids is 3. The minimum absolute atomic E-state index is 0.0716. The third kappa shape index (κ3) is 70.3. The summed E-state index contributed by atoms with van der Waals surface area (Å²) in [5.41, 5.74) is 0. The van der Waals surface area contributed by atoms with Crippen LogP contribution in [0.15, 0.2) is 36.5 Å². The van der Waals surface area contributed by atoms with Gasteiger partial charge in [0.05, 0.1) is 0 Å². The van der Waals surface area contributed by atoms with Gasteiger partial charge < -0.3 is 14.2 Å². The van der Waals surface area contributed by atoms with Gasteiger partial charge in [-0.25, -0.2) is 0 Å². The first kappa shape index (κ1) is 80.6. The molecule has 1 unspecified atom stereocenters. The van der Waals surface area contributed by atoms with E-state index in [1.165, 1.54) is 302 Å². The van der Waals surface area contributed by atoms with Crippen LogP contribution < -0.4 is 0 Å². The average molecular weight is 1170 g/mol. The topological polar surface area (TPSA) is 78.9 Å².